The van der Waals surface area contributed by atoms with Gasteiger partial charge in [-0.15, -0.1) is 0 Å². The zero-order valence-electron chi connectivity index (χ0n) is 11.5. The molecule has 0 aliphatic carbocycles. The van der Waals surface area contributed by atoms with Gasteiger partial charge in [0, 0.05) is 12.6 Å². The van der Waals surface area contributed by atoms with E-state index in [1.807, 2.05) is 11.8 Å². The van der Waals surface area contributed by atoms with Crippen LogP contribution in [0.25, 0.3) is 0 Å². The number of hydrogen-bond acceptors (Lipinski definition) is 4. The maximum Gasteiger partial charge on any atom is 0.404 e. The van der Waals surface area contributed by atoms with Crippen molar-refractivity contribution in [2.24, 2.45) is 0 Å². The van der Waals surface area contributed by atoms with Crippen molar-refractivity contribution >= 4 is 27.7 Å². The first-order valence-corrected chi connectivity index (χ1v) is 7.38. The molecular formula is C12H17BrN4O3. The van der Waals surface area contributed by atoms with Crippen LogP contribution < -0.4 is 0 Å². The summed E-state index contributed by atoms with van der Waals surface area (Å²) in [5.74, 6) is -0.285. The number of nitrogens with zero attached hydrogens (tertiary/aromatic N) is 4. The molecule has 0 N–H and O–H groups in total. The molecule has 1 fully saturated rings. The van der Waals surface area contributed by atoms with Gasteiger partial charge in [0.1, 0.15) is 11.0 Å². The second kappa shape index (κ2) is 5.90. The molecule has 0 spiro atoms. The van der Waals surface area contributed by atoms with Crippen molar-refractivity contribution in [1.29, 1.82) is 0 Å². The Morgan fingerprint density at radius 3 is 2.80 bits per heavy atom. The van der Waals surface area contributed by atoms with E-state index in [0.717, 1.165) is 25.8 Å². The van der Waals surface area contributed by atoms with Crippen molar-refractivity contribution in [3.8, 4) is 0 Å². The molecule has 8 heteroatoms. The van der Waals surface area contributed by atoms with Gasteiger partial charge in [0.05, 0.1) is 10.8 Å². The van der Waals surface area contributed by atoms with Gasteiger partial charge in [0.2, 0.25) is 5.91 Å². The predicted molar refractivity (Wildman–Crippen MR) is 76.3 cm³/mol. The Morgan fingerprint density at radius 1 is 1.55 bits per heavy atom. The summed E-state index contributed by atoms with van der Waals surface area (Å²) in [5, 5.41) is 14.7. The fourth-order valence-electron chi connectivity index (χ4n) is 2.47. The summed E-state index contributed by atoms with van der Waals surface area (Å²) in [7, 11) is 0. The Hall–Kier alpha value is -1.44. The molecule has 1 atom stereocenters. The molecule has 0 saturated carbocycles. The first kappa shape index (κ1) is 15.0. The Labute approximate surface area is 125 Å². The van der Waals surface area contributed by atoms with Crippen LogP contribution in [0.2, 0.25) is 0 Å². The Kier molecular flexibility index (Phi) is 4.42. The van der Waals surface area contributed by atoms with Crippen molar-refractivity contribution in [1.82, 2.24) is 14.7 Å². The third-order valence-corrected chi connectivity index (χ3v) is 4.63. The van der Waals surface area contributed by atoms with E-state index in [4.69, 9.17) is 0 Å². The molecule has 0 aromatic carbocycles. The standard InChI is InChI=1S/C12H17BrN4O3/c1-8-5-3-4-6-15(8)10(18)7-16-9(2)11(13)12(14-16)17(19)20/h8H,3-7H2,1-2H3. The first-order valence-electron chi connectivity index (χ1n) is 6.58. The van der Waals surface area contributed by atoms with E-state index in [9.17, 15) is 14.9 Å². The second-order valence-corrected chi connectivity index (χ2v) is 5.86. The zero-order chi connectivity index (χ0) is 14.9. The molecule has 1 amide bonds. The molecule has 0 bridgehead atoms. The van der Waals surface area contributed by atoms with Crippen molar-refractivity contribution in [3.05, 3.63) is 20.3 Å². The molecule has 2 rings (SSSR count). The molecule has 1 aromatic heterocycles. The Morgan fingerprint density at radius 2 is 2.25 bits per heavy atom. The number of nitro groups is 1. The third-order valence-electron chi connectivity index (χ3n) is 3.70. The minimum Gasteiger partial charge on any atom is -0.358 e. The maximum absolute atomic E-state index is 12.3. The highest BCUT2D eigenvalue weighted by molar-refractivity contribution is 9.10. The molecular weight excluding hydrogens is 328 g/mol. The lowest BCUT2D eigenvalue weighted by atomic mass is 10.0. The lowest BCUT2D eigenvalue weighted by molar-refractivity contribution is -0.390. The first-order chi connectivity index (χ1) is 9.41. The van der Waals surface area contributed by atoms with Gasteiger partial charge >= 0.3 is 5.82 Å². The van der Waals surface area contributed by atoms with E-state index in [1.165, 1.54) is 4.68 Å². The van der Waals surface area contributed by atoms with Gasteiger partial charge in [-0.05, 0) is 54.0 Å². The summed E-state index contributed by atoms with van der Waals surface area (Å²) in [4.78, 5) is 24.4. The topological polar surface area (TPSA) is 81.3 Å². The Bertz CT molecular complexity index is 543. The van der Waals surface area contributed by atoms with Gasteiger partial charge in [-0.25, -0.2) is 0 Å². The molecule has 110 valence electrons. The second-order valence-electron chi connectivity index (χ2n) is 5.07. The predicted octanol–water partition coefficient (Wildman–Crippen LogP) is 2.26. The molecule has 1 aromatic rings. The van der Waals surface area contributed by atoms with Gasteiger partial charge in [-0.2, -0.15) is 4.68 Å². The summed E-state index contributed by atoms with van der Waals surface area (Å²) in [6.45, 7) is 4.54. The van der Waals surface area contributed by atoms with E-state index in [1.54, 1.807) is 6.92 Å². The average molecular weight is 345 g/mol. The number of aromatic nitrogens is 2. The van der Waals surface area contributed by atoms with Crippen LogP contribution in [0, 0.1) is 17.0 Å². The zero-order valence-corrected chi connectivity index (χ0v) is 13.1. The van der Waals surface area contributed by atoms with E-state index in [0.29, 0.717) is 10.2 Å². The Balaban J connectivity index is 2.15. The van der Waals surface area contributed by atoms with E-state index >= 15 is 0 Å². The highest BCUT2D eigenvalue weighted by Crippen LogP contribution is 2.27. The van der Waals surface area contributed by atoms with Gasteiger partial charge < -0.3 is 15.0 Å². The van der Waals surface area contributed by atoms with Gasteiger partial charge in [0.15, 0.2) is 0 Å². The van der Waals surface area contributed by atoms with Crippen LogP contribution in [0.15, 0.2) is 4.47 Å². The summed E-state index contributed by atoms with van der Waals surface area (Å²) < 4.78 is 1.73. The quantitative estimate of drug-likeness (QED) is 0.622. The molecule has 0 radical (unpaired) electrons. The third kappa shape index (κ3) is 2.84. The summed E-state index contributed by atoms with van der Waals surface area (Å²) in [6.07, 6.45) is 3.16. The molecule has 20 heavy (non-hydrogen) atoms. The summed E-state index contributed by atoms with van der Waals surface area (Å²) in [6, 6.07) is 0.227. The number of carbonyl (C=O) groups is 1. The van der Waals surface area contributed by atoms with E-state index in [-0.39, 0.29) is 24.3 Å². The fraction of sp³-hybridized carbons (Fsp3) is 0.667. The number of hydrogen-bond donors (Lipinski definition) is 0. The number of likely N-dealkylation sites (tertiary alicyclic amines) is 1. The van der Waals surface area contributed by atoms with Crippen molar-refractivity contribution < 1.29 is 9.72 Å². The van der Waals surface area contributed by atoms with Crippen molar-refractivity contribution in [3.63, 3.8) is 0 Å². The normalized spacial score (nSPS) is 19.1. The number of carbonyl (C=O) groups excluding carboxylic acids is 1. The van der Waals surface area contributed by atoms with Crippen LogP contribution in [-0.2, 0) is 11.3 Å². The van der Waals surface area contributed by atoms with Crippen molar-refractivity contribution in [2.45, 2.75) is 45.7 Å². The maximum atomic E-state index is 12.3. The summed E-state index contributed by atoms with van der Waals surface area (Å²) in [5.41, 5.74) is 0.592. The lowest BCUT2D eigenvalue weighted by Gasteiger charge is -2.33. The minimum absolute atomic E-state index is 0.0369. The molecule has 1 saturated heterocycles. The number of amides is 1. The molecule has 2 heterocycles. The van der Waals surface area contributed by atoms with E-state index < -0.39 is 4.92 Å². The highest BCUT2D eigenvalue weighted by Gasteiger charge is 2.28. The van der Waals surface area contributed by atoms with Crippen LogP contribution in [0.5, 0.6) is 0 Å². The SMILES string of the molecule is Cc1c(Br)c([N+](=O)[O-])nn1CC(=O)N1CCCCC1C. The molecule has 1 aliphatic heterocycles. The van der Waals surface area contributed by atoms with E-state index in [2.05, 4.69) is 21.0 Å². The van der Waals surface area contributed by atoms with Gasteiger partial charge in [-0.3, -0.25) is 4.79 Å². The monoisotopic (exact) mass is 344 g/mol. The van der Waals surface area contributed by atoms with Crippen LogP contribution in [-0.4, -0.2) is 38.1 Å². The molecule has 1 aliphatic rings. The molecule has 1 unspecified atom stereocenters. The van der Waals surface area contributed by atoms with Crippen LogP contribution >= 0.6 is 15.9 Å². The minimum atomic E-state index is -0.554. The number of rotatable bonds is 3. The van der Waals surface area contributed by atoms with Crippen molar-refractivity contribution in [2.75, 3.05) is 6.54 Å². The number of halogens is 1. The lowest BCUT2D eigenvalue weighted by Crippen LogP contribution is -2.43. The summed E-state index contributed by atoms with van der Waals surface area (Å²) >= 11 is 3.15. The van der Waals surface area contributed by atoms with Crippen LogP contribution in [0.3, 0.4) is 0 Å². The largest absolute Gasteiger partial charge is 0.404 e. The van der Waals surface area contributed by atoms with Crippen LogP contribution in [0.1, 0.15) is 31.9 Å². The fourth-order valence-corrected chi connectivity index (χ4v) is 2.90. The number of piperidine rings is 1. The smallest absolute Gasteiger partial charge is 0.358 e. The van der Waals surface area contributed by atoms with Crippen LogP contribution in [0.4, 0.5) is 5.82 Å². The van der Waals surface area contributed by atoms with Gasteiger partial charge in [0.25, 0.3) is 0 Å². The highest BCUT2D eigenvalue weighted by atomic mass is 79.9. The van der Waals surface area contributed by atoms with Gasteiger partial charge in [-0.1, -0.05) is 0 Å². The average Bonchev–Trinajstić information content (AvgIpc) is 2.67. The molecule has 7 nitrogen and oxygen atoms in total.